The van der Waals surface area contributed by atoms with Crippen LogP contribution in [0.3, 0.4) is 0 Å². The molecule has 0 aliphatic rings. The maximum Gasteiger partial charge on any atom is 0.135 e. The van der Waals surface area contributed by atoms with Gasteiger partial charge in [-0.25, -0.2) is 0 Å². The summed E-state index contributed by atoms with van der Waals surface area (Å²) in [5.74, 6) is 0. The van der Waals surface area contributed by atoms with Crippen LogP contribution in [0.5, 0.6) is 0 Å². The lowest BCUT2D eigenvalue weighted by atomic mass is 10.0. The second-order valence-electron chi connectivity index (χ2n) is 12.4. The number of hydrogen-bond acceptors (Lipinski definition) is 4. The first kappa shape index (κ1) is 27.8. The molecule has 3 heterocycles. The number of aromatic nitrogens is 1. The van der Waals surface area contributed by atoms with E-state index >= 15 is 0 Å². The van der Waals surface area contributed by atoms with Gasteiger partial charge in [0.25, 0.3) is 0 Å². The first-order valence-corrected chi connectivity index (χ1v) is 17.2. The number of hydrogen-bond donors (Lipinski definition) is 0. The molecule has 0 aliphatic heterocycles. The number of furan rings is 1. The maximum absolute atomic E-state index is 6.18. The minimum absolute atomic E-state index is 0.886. The molecule has 0 saturated carbocycles. The predicted molar refractivity (Wildman–Crippen MR) is 207 cm³/mol. The van der Waals surface area contributed by atoms with Crippen LogP contribution in [0.15, 0.2) is 175 Å². The molecule has 0 N–H and O–H groups in total. The number of nitrogens with zero attached hydrogens (tertiary/aromatic N) is 2. The molecule has 3 nitrogen and oxygen atoms in total. The first-order valence-electron chi connectivity index (χ1n) is 16.4. The van der Waals surface area contributed by atoms with Gasteiger partial charge in [0.15, 0.2) is 0 Å². The third kappa shape index (κ3) is 4.68. The average Bonchev–Trinajstić information content (AvgIpc) is 3.72. The normalized spacial score (nSPS) is 11.7. The van der Waals surface area contributed by atoms with E-state index in [4.69, 9.17) is 9.40 Å². The predicted octanol–water partition coefficient (Wildman–Crippen LogP) is 13.3. The third-order valence-corrected chi connectivity index (χ3v) is 10.7. The van der Waals surface area contributed by atoms with Crippen molar-refractivity contribution in [2.45, 2.75) is 0 Å². The molecular weight excluding hydrogens is 617 g/mol. The molecule has 0 saturated heterocycles. The first-order chi connectivity index (χ1) is 24.3. The van der Waals surface area contributed by atoms with Crippen molar-refractivity contribution >= 4 is 81.3 Å². The molecule has 0 fully saturated rings. The zero-order chi connectivity index (χ0) is 32.3. The van der Waals surface area contributed by atoms with Crippen LogP contribution in [-0.4, -0.2) is 4.98 Å². The molecule has 10 aromatic rings. The molecule has 49 heavy (non-hydrogen) atoms. The average molecular weight is 645 g/mol. The molecule has 3 aromatic heterocycles. The molecule has 0 unspecified atom stereocenters. The van der Waals surface area contributed by atoms with E-state index in [1.54, 1.807) is 0 Å². The van der Waals surface area contributed by atoms with E-state index in [0.717, 1.165) is 50.1 Å². The van der Waals surface area contributed by atoms with Gasteiger partial charge in [0.05, 0.1) is 0 Å². The van der Waals surface area contributed by atoms with Crippen molar-refractivity contribution in [3.05, 3.63) is 170 Å². The summed E-state index contributed by atoms with van der Waals surface area (Å²) in [7, 11) is 0. The summed E-state index contributed by atoms with van der Waals surface area (Å²) >= 11 is 1.85. The smallest absolute Gasteiger partial charge is 0.135 e. The number of anilines is 3. The van der Waals surface area contributed by atoms with E-state index in [1.807, 2.05) is 35.9 Å². The zero-order valence-corrected chi connectivity index (χ0v) is 27.2. The standard InChI is InChI=1S/C45H28N2OS/c1-2-8-29(9-3-1)30-14-18-34(19-15-30)47(36-22-23-43-38(26-36)37-12-6-7-13-42(37)48-43)35-20-16-31(17-21-35)40-27-46-28-41-39-24-32-10-4-5-11-33(32)25-44(39)49-45(40)41/h1-28H. The van der Waals surface area contributed by atoms with Crippen molar-refractivity contribution in [3.63, 3.8) is 0 Å². The van der Waals surface area contributed by atoms with Gasteiger partial charge in [-0.05, 0) is 88.1 Å². The summed E-state index contributed by atoms with van der Waals surface area (Å²) < 4.78 is 8.73. The lowest BCUT2D eigenvalue weighted by Crippen LogP contribution is -2.09. The highest BCUT2D eigenvalue weighted by atomic mass is 32.1. The molecule has 0 radical (unpaired) electrons. The zero-order valence-electron chi connectivity index (χ0n) is 26.4. The van der Waals surface area contributed by atoms with Gasteiger partial charge in [-0.15, -0.1) is 11.3 Å². The second-order valence-corrected chi connectivity index (χ2v) is 13.5. The van der Waals surface area contributed by atoms with E-state index in [-0.39, 0.29) is 0 Å². The van der Waals surface area contributed by atoms with Crippen molar-refractivity contribution in [3.8, 4) is 22.3 Å². The third-order valence-electron chi connectivity index (χ3n) is 9.53. The van der Waals surface area contributed by atoms with Crippen LogP contribution < -0.4 is 4.90 Å². The van der Waals surface area contributed by atoms with Gasteiger partial charge < -0.3 is 9.32 Å². The van der Waals surface area contributed by atoms with Crippen LogP contribution in [0.25, 0.3) is 75.1 Å². The molecule has 10 rings (SSSR count). The molecule has 7 aromatic carbocycles. The van der Waals surface area contributed by atoms with E-state index in [0.29, 0.717) is 0 Å². The Morgan fingerprint density at radius 3 is 1.88 bits per heavy atom. The molecule has 0 aliphatic carbocycles. The van der Waals surface area contributed by atoms with Crippen LogP contribution in [0.2, 0.25) is 0 Å². The Balaban J connectivity index is 1.09. The fraction of sp³-hybridized carbons (Fsp3) is 0. The Bertz CT molecular complexity index is 2810. The fourth-order valence-corrected chi connectivity index (χ4v) is 8.34. The summed E-state index contributed by atoms with van der Waals surface area (Å²) in [5.41, 5.74) is 9.70. The van der Waals surface area contributed by atoms with Crippen molar-refractivity contribution in [2.24, 2.45) is 0 Å². The molecule has 0 atom stereocenters. The van der Waals surface area contributed by atoms with Crippen LogP contribution >= 0.6 is 11.3 Å². The topological polar surface area (TPSA) is 29.3 Å². The lowest BCUT2D eigenvalue weighted by Gasteiger charge is -2.26. The van der Waals surface area contributed by atoms with Gasteiger partial charge in [-0.1, -0.05) is 97.1 Å². The summed E-state index contributed by atoms with van der Waals surface area (Å²) in [4.78, 5) is 7.04. The molecule has 230 valence electrons. The summed E-state index contributed by atoms with van der Waals surface area (Å²) in [6.07, 6.45) is 4.02. The molecular formula is C45H28N2OS. The monoisotopic (exact) mass is 644 g/mol. The fourth-order valence-electron chi connectivity index (χ4n) is 7.10. The minimum atomic E-state index is 0.886. The van der Waals surface area contributed by atoms with E-state index in [9.17, 15) is 0 Å². The molecule has 0 spiro atoms. The summed E-state index contributed by atoms with van der Waals surface area (Å²) in [5, 5.41) is 7.20. The minimum Gasteiger partial charge on any atom is -0.456 e. The van der Waals surface area contributed by atoms with Crippen LogP contribution in [0.1, 0.15) is 0 Å². The van der Waals surface area contributed by atoms with Crippen LogP contribution in [0.4, 0.5) is 17.1 Å². The largest absolute Gasteiger partial charge is 0.456 e. The summed E-state index contributed by atoms with van der Waals surface area (Å²) in [6.45, 7) is 0. The van der Waals surface area contributed by atoms with Crippen molar-refractivity contribution in [2.75, 3.05) is 4.90 Å². The van der Waals surface area contributed by atoms with Gasteiger partial charge in [0.2, 0.25) is 0 Å². The lowest BCUT2D eigenvalue weighted by molar-refractivity contribution is 0.669. The Morgan fingerprint density at radius 1 is 0.449 bits per heavy atom. The Morgan fingerprint density at radius 2 is 1.08 bits per heavy atom. The Kier molecular flexibility index (Phi) is 6.36. The second kappa shape index (κ2) is 11.2. The highest BCUT2D eigenvalue weighted by Gasteiger charge is 2.17. The van der Waals surface area contributed by atoms with Crippen molar-refractivity contribution < 1.29 is 4.42 Å². The molecule has 0 bridgehead atoms. The Hall–Kier alpha value is -6.23. The van der Waals surface area contributed by atoms with Gasteiger partial charge in [-0.3, -0.25) is 4.98 Å². The van der Waals surface area contributed by atoms with Gasteiger partial charge in [0, 0.05) is 66.0 Å². The quantitative estimate of drug-likeness (QED) is 0.187. The Labute approximate surface area is 286 Å². The summed E-state index contributed by atoms with van der Waals surface area (Å²) in [6, 6.07) is 56.1. The maximum atomic E-state index is 6.18. The SMILES string of the molecule is c1ccc(-c2ccc(N(c3ccc(-c4cncc5c4sc4cc6ccccc6cc45)cc3)c3ccc4oc5ccccc5c4c3)cc2)cc1. The van der Waals surface area contributed by atoms with Crippen LogP contribution in [0, 0.1) is 0 Å². The number of thiophene rings is 1. The molecule has 4 heteroatoms. The number of fused-ring (bicyclic) bond motifs is 7. The number of benzene rings is 7. The number of para-hydroxylation sites is 1. The van der Waals surface area contributed by atoms with Crippen molar-refractivity contribution in [1.82, 2.24) is 4.98 Å². The van der Waals surface area contributed by atoms with Gasteiger partial charge >= 0.3 is 0 Å². The van der Waals surface area contributed by atoms with Crippen LogP contribution in [-0.2, 0) is 0 Å². The van der Waals surface area contributed by atoms with Crippen molar-refractivity contribution in [1.29, 1.82) is 0 Å². The highest BCUT2D eigenvalue weighted by molar-refractivity contribution is 7.26. The number of pyridine rings is 1. The van der Waals surface area contributed by atoms with E-state index < -0.39 is 0 Å². The van der Waals surface area contributed by atoms with Gasteiger partial charge in [-0.2, -0.15) is 0 Å². The van der Waals surface area contributed by atoms with E-state index in [1.165, 1.54) is 42.1 Å². The highest BCUT2D eigenvalue weighted by Crippen LogP contribution is 2.43. The number of rotatable bonds is 5. The van der Waals surface area contributed by atoms with E-state index in [2.05, 4.69) is 150 Å². The van der Waals surface area contributed by atoms with Gasteiger partial charge in [0.1, 0.15) is 11.2 Å². The molecule has 0 amide bonds.